The fraction of sp³-hybridized carbons (Fsp3) is 0.0870. The van der Waals surface area contributed by atoms with Gasteiger partial charge >= 0.3 is 0 Å². The molecule has 0 aliphatic rings. The lowest BCUT2D eigenvalue weighted by atomic mass is 10.2. The van der Waals surface area contributed by atoms with Gasteiger partial charge in [-0.2, -0.15) is 0 Å². The van der Waals surface area contributed by atoms with E-state index in [4.69, 9.17) is 9.72 Å². The number of methoxy groups -OCH3 is 1. The van der Waals surface area contributed by atoms with E-state index < -0.39 is 0 Å². The van der Waals surface area contributed by atoms with Gasteiger partial charge in [0.2, 0.25) is 0 Å². The first-order valence-electron chi connectivity index (χ1n) is 9.57. The summed E-state index contributed by atoms with van der Waals surface area (Å²) in [6, 6.07) is 17.7. The Bertz CT molecular complexity index is 1370. The highest BCUT2D eigenvalue weighted by Crippen LogP contribution is 2.30. The number of rotatable bonds is 5. The number of hydrogen-bond acceptors (Lipinski definition) is 6. The van der Waals surface area contributed by atoms with Gasteiger partial charge in [-0.1, -0.05) is 41.7 Å². The molecule has 0 bridgehead atoms. The molecule has 0 unspecified atom stereocenters. The molecule has 0 saturated heterocycles. The van der Waals surface area contributed by atoms with Crippen LogP contribution >= 0.6 is 22.7 Å². The molecule has 1 amide bonds. The number of nitrogens with zero attached hydrogens (tertiary/aromatic N) is 3. The lowest BCUT2D eigenvalue weighted by molar-refractivity contribution is 0.102. The van der Waals surface area contributed by atoms with E-state index in [-0.39, 0.29) is 5.91 Å². The van der Waals surface area contributed by atoms with Crippen LogP contribution in [0.15, 0.2) is 66.2 Å². The van der Waals surface area contributed by atoms with Crippen LogP contribution in [0.3, 0.4) is 0 Å². The molecule has 0 saturated carbocycles. The summed E-state index contributed by atoms with van der Waals surface area (Å²) in [6.45, 7) is 1.93. The van der Waals surface area contributed by atoms with E-state index in [9.17, 15) is 4.79 Å². The molecule has 0 aliphatic heterocycles. The quantitative estimate of drug-likeness (QED) is 0.373. The molecule has 5 aromatic rings. The number of aryl methyl sites for hydroxylation is 1. The van der Waals surface area contributed by atoms with E-state index in [1.165, 1.54) is 22.7 Å². The molecule has 5 rings (SSSR count). The van der Waals surface area contributed by atoms with Gasteiger partial charge < -0.3 is 4.74 Å². The van der Waals surface area contributed by atoms with Crippen molar-refractivity contribution >= 4 is 38.7 Å². The first-order chi connectivity index (χ1) is 15.1. The molecule has 8 heteroatoms. The largest absolute Gasteiger partial charge is 0.497 e. The summed E-state index contributed by atoms with van der Waals surface area (Å²) in [5.74, 6) is 0.617. The second-order valence-electron chi connectivity index (χ2n) is 6.88. The Balaban J connectivity index is 1.36. The number of carbonyl (C=O) groups is 1. The summed E-state index contributed by atoms with van der Waals surface area (Å²) < 4.78 is 7.16. The number of ether oxygens (including phenoxy) is 1. The van der Waals surface area contributed by atoms with Crippen molar-refractivity contribution in [2.24, 2.45) is 0 Å². The maximum absolute atomic E-state index is 12.9. The maximum Gasteiger partial charge on any atom is 0.269 e. The Kier molecular flexibility index (Phi) is 5.01. The fourth-order valence-corrected chi connectivity index (χ4v) is 5.01. The van der Waals surface area contributed by atoms with Crippen molar-refractivity contribution in [3.63, 3.8) is 0 Å². The van der Waals surface area contributed by atoms with E-state index in [1.54, 1.807) is 7.11 Å². The number of thiazole rings is 2. The molecule has 3 aromatic heterocycles. The van der Waals surface area contributed by atoms with Crippen LogP contribution in [0.5, 0.6) is 5.75 Å². The Morgan fingerprint density at radius 1 is 1.00 bits per heavy atom. The summed E-state index contributed by atoms with van der Waals surface area (Å²) in [5, 5.41) is 5.41. The van der Waals surface area contributed by atoms with Gasteiger partial charge in [-0.25, -0.2) is 9.97 Å². The number of imidazole rings is 1. The first-order valence-corrected chi connectivity index (χ1v) is 11.3. The normalized spacial score (nSPS) is 11.0. The summed E-state index contributed by atoms with van der Waals surface area (Å²) >= 11 is 2.78. The van der Waals surface area contributed by atoms with Crippen LogP contribution in [0.4, 0.5) is 5.13 Å². The van der Waals surface area contributed by atoms with Crippen molar-refractivity contribution in [1.29, 1.82) is 0 Å². The second kappa shape index (κ2) is 7.98. The molecule has 0 fully saturated rings. The molecule has 3 heterocycles. The third kappa shape index (κ3) is 3.71. The van der Waals surface area contributed by atoms with Crippen molar-refractivity contribution in [2.75, 3.05) is 12.4 Å². The molecule has 1 N–H and O–H groups in total. The van der Waals surface area contributed by atoms with E-state index in [0.717, 1.165) is 38.9 Å². The average molecular weight is 447 g/mol. The minimum atomic E-state index is -0.176. The predicted octanol–water partition coefficient (Wildman–Crippen LogP) is 5.76. The number of nitrogens with one attached hydrogen (secondary N) is 1. The Labute approximate surface area is 186 Å². The van der Waals surface area contributed by atoms with Crippen molar-refractivity contribution in [3.05, 3.63) is 76.7 Å². The van der Waals surface area contributed by atoms with Crippen molar-refractivity contribution in [3.8, 4) is 28.3 Å². The smallest absolute Gasteiger partial charge is 0.269 e. The van der Waals surface area contributed by atoms with Crippen molar-refractivity contribution < 1.29 is 9.53 Å². The van der Waals surface area contributed by atoms with Crippen molar-refractivity contribution in [2.45, 2.75) is 6.92 Å². The number of amides is 1. The third-order valence-electron chi connectivity index (χ3n) is 4.94. The van der Waals surface area contributed by atoms with Crippen LogP contribution in [0.2, 0.25) is 0 Å². The molecule has 154 valence electrons. The summed E-state index contributed by atoms with van der Waals surface area (Å²) in [7, 11) is 1.64. The van der Waals surface area contributed by atoms with Crippen LogP contribution in [-0.2, 0) is 0 Å². The number of fused-ring (bicyclic) bond motifs is 1. The zero-order chi connectivity index (χ0) is 21.4. The average Bonchev–Trinajstić information content (AvgIpc) is 3.51. The molecule has 2 aromatic carbocycles. The lowest BCUT2D eigenvalue weighted by Gasteiger charge is -2.01. The van der Waals surface area contributed by atoms with Crippen LogP contribution in [0.1, 0.15) is 15.4 Å². The minimum absolute atomic E-state index is 0.176. The van der Waals surface area contributed by atoms with Gasteiger partial charge in [0.25, 0.3) is 5.91 Å². The Hall–Kier alpha value is -3.49. The number of benzene rings is 2. The number of anilines is 1. The molecular weight excluding hydrogens is 428 g/mol. The van der Waals surface area contributed by atoms with Gasteiger partial charge in [0.05, 0.1) is 18.5 Å². The fourth-order valence-electron chi connectivity index (χ4n) is 3.29. The highest BCUT2D eigenvalue weighted by Gasteiger charge is 2.19. The lowest BCUT2D eigenvalue weighted by Crippen LogP contribution is -2.11. The van der Waals surface area contributed by atoms with E-state index in [1.807, 2.05) is 77.5 Å². The van der Waals surface area contributed by atoms with Gasteiger partial charge in [0.1, 0.15) is 10.6 Å². The van der Waals surface area contributed by atoms with Gasteiger partial charge in [0, 0.05) is 28.4 Å². The van der Waals surface area contributed by atoms with Gasteiger partial charge in [-0.3, -0.25) is 14.5 Å². The minimum Gasteiger partial charge on any atom is -0.497 e. The monoisotopic (exact) mass is 446 g/mol. The highest BCUT2D eigenvalue weighted by atomic mass is 32.1. The van der Waals surface area contributed by atoms with Crippen LogP contribution in [-0.4, -0.2) is 27.4 Å². The van der Waals surface area contributed by atoms with Gasteiger partial charge in [-0.15, -0.1) is 11.3 Å². The van der Waals surface area contributed by atoms with Crippen LogP contribution in [0, 0.1) is 6.92 Å². The van der Waals surface area contributed by atoms with Crippen molar-refractivity contribution in [1.82, 2.24) is 14.4 Å². The highest BCUT2D eigenvalue weighted by molar-refractivity contribution is 7.19. The maximum atomic E-state index is 12.9. The molecule has 0 atom stereocenters. The standard InChI is InChI=1S/C23H18N4O2S2/c1-14-20(31-23-25-18(12-27(14)23)15-6-4-3-5-7-15)21(28)26-22-24-19(13-30-22)16-8-10-17(29-2)11-9-16/h3-13H,1-2H3,(H,24,26,28). The SMILES string of the molecule is COc1ccc(-c2csc(NC(=O)c3sc4nc(-c5ccccc5)cn4c3C)n2)cc1. The molecule has 6 nitrogen and oxygen atoms in total. The first kappa shape index (κ1) is 19.5. The number of hydrogen-bond donors (Lipinski definition) is 1. The topological polar surface area (TPSA) is 68.5 Å². The predicted molar refractivity (Wildman–Crippen MR) is 125 cm³/mol. The Morgan fingerprint density at radius 3 is 2.45 bits per heavy atom. The zero-order valence-corrected chi connectivity index (χ0v) is 18.5. The van der Waals surface area contributed by atoms with Crippen LogP contribution in [0.25, 0.3) is 27.5 Å². The summed E-state index contributed by atoms with van der Waals surface area (Å²) in [6.07, 6.45) is 1.97. The molecule has 0 radical (unpaired) electrons. The zero-order valence-electron chi connectivity index (χ0n) is 16.8. The Morgan fingerprint density at radius 2 is 1.74 bits per heavy atom. The van der Waals surface area contributed by atoms with Gasteiger partial charge in [0.15, 0.2) is 10.1 Å². The molecule has 0 aliphatic carbocycles. The number of aromatic nitrogens is 3. The summed E-state index contributed by atoms with van der Waals surface area (Å²) in [5.41, 5.74) is 4.59. The third-order valence-corrected chi connectivity index (χ3v) is 6.86. The molecule has 31 heavy (non-hydrogen) atoms. The molecular formula is C23H18N4O2S2. The molecule has 0 spiro atoms. The van der Waals surface area contributed by atoms with E-state index in [2.05, 4.69) is 10.3 Å². The summed E-state index contributed by atoms with van der Waals surface area (Å²) in [4.78, 5) is 23.6. The van der Waals surface area contributed by atoms with E-state index >= 15 is 0 Å². The van der Waals surface area contributed by atoms with E-state index in [0.29, 0.717) is 10.0 Å². The van der Waals surface area contributed by atoms with Gasteiger partial charge in [-0.05, 0) is 31.2 Å². The second-order valence-corrected chi connectivity index (χ2v) is 8.72. The van der Waals surface area contributed by atoms with Crippen LogP contribution < -0.4 is 10.1 Å². The number of carbonyl (C=O) groups excluding carboxylic acids is 1.